The average molecular weight is 253 g/mol. The van der Waals surface area contributed by atoms with Crippen molar-refractivity contribution in [3.05, 3.63) is 24.3 Å². The summed E-state index contributed by atoms with van der Waals surface area (Å²) in [5, 5.41) is 1.20. The Hall–Kier alpha value is -1.16. The van der Waals surface area contributed by atoms with E-state index in [0.29, 0.717) is 6.61 Å². The molecule has 0 unspecified atom stereocenters. The molecule has 0 aliphatic heterocycles. The molecule has 0 atom stereocenters. The van der Waals surface area contributed by atoms with E-state index in [4.69, 9.17) is 4.74 Å². The van der Waals surface area contributed by atoms with Crippen LogP contribution in [0.3, 0.4) is 0 Å². The Labute approximate surface area is 108 Å². The monoisotopic (exact) mass is 253 g/mol. The number of hydrogen-bond donors (Lipinski definition) is 0. The van der Waals surface area contributed by atoms with E-state index in [1.54, 1.807) is 11.8 Å². The minimum atomic E-state index is 0.708. The standard InChI is InChI=1S/C13H21N2OS/c1-6-16-11-7-9-12(10-8-11)17-13(14(2)3)15(4)5/h7-10H,6H2,1-5H3/q+1. The van der Waals surface area contributed by atoms with E-state index in [2.05, 4.69) is 49.8 Å². The highest BCUT2D eigenvalue weighted by atomic mass is 32.2. The van der Waals surface area contributed by atoms with Crippen LogP contribution in [0.4, 0.5) is 0 Å². The molecule has 1 aromatic carbocycles. The summed E-state index contributed by atoms with van der Waals surface area (Å²) in [6.07, 6.45) is 0. The molecule has 0 spiro atoms. The summed E-state index contributed by atoms with van der Waals surface area (Å²) in [5.41, 5.74) is 0. The highest BCUT2D eigenvalue weighted by molar-refractivity contribution is 8.13. The highest BCUT2D eigenvalue weighted by Crippen LogP contribution is 2.23. The van der Waals surface area contributed by atoms with Gasteiger partial charge in [-0.2, -0.15) is 0 Å². The molecule has 0 bridgehead atoms. The summed E-state index contributed by atoms with van der Waals surface area (Å²) in [4.78, 5) is 3.33. The van der Waals surface area contributed by atoms with Crippen molar-refractivity contribution in [1.29, 1.82) is 0 Å². The number of hydrogen-bond acceptors (Lipinski definition) is 2. The predicted molar refractivity (Wildman–Crippen MR) is 74.3 cm³/mol. The van der Waals surface area contributed by atoms with Gasteiger partial charge in [-0.3, -0.25) is 9.48 Å². The minimum absolute atomic E-state index is 0.708. The van der Waals surface area contributed by atoms with Crippen molar-refractivity contribution in [1.82, 2.24) is 4.90 Å². The number of amidine groups is 1. The zero-order valence-electron chi connectivity index (χ0n) is 11.2. The van der Waals surface area contributed by atoms with Gasteiger partial charge in [-0.05, 0) is 43.0 Å². The van der Waals surface area contributed by atoms with E-state index in [1.807, 2.05) is 19.1 Å². The van der Waals surface area contributed by atoms with Gasteiger partial charge in [0.15, 0.2) is 0 Å². The van der Waals surface area contributed by atoms with Gasteiger partial charge in [0.25, 0.3) is 0 Å². The van der Waals surface area contributed by atoms with Crippen LogP contribution in [-0.2, 0) is 0 Å². The van der Waals surface area contributed by atoms with Crippen LogP contribution < -0.4 is 4.74 Å². The molecule has 0 amide bonds. The van der Waals surface area contributed by atoms with Crippen molar-refractivity contribution in [2.24, 2.45) is 0 Å². The van der Waals surface area contributed by atoms with Crippen molar-refractivity contribution < 1.29 is 9.31 Å². The maximum absolute atomic E-state index is 5.42. The number of rotatable bonds is 3. The van der Waals surface area contributed by atoms with E-state index >= 15 is 0 Å². The van der Waals surface area contributed by atoms with Gasteiger partial charge in [-0.1, -0.05) is 0 Å². The van der Waals surface area contributed by atoms with E-state index in [1.165, 1.54) is 10.1 Å². The third-order valence-electron chi connectivity index (χ3n) is 2.11. The molecule has 1 rings (SSSR count). The van der Waals surface area contributed by atoms with Crippen LogP contribution in [0.15, 0.2) is 29.2 Å². The largest absolute Gasteiger partial charge is 0.494 e. The van der Waals surface area contributed by atoms with Gasteiger partial charge in [0, 0.05) is 4.90 Å². The van der Waals surface area contributed by atoms with Crippen molar-refractivity contribution in [2.45, 2.75) is 11.8 Å². The SMILES string of the molecule is CCOc1ccc(SC(N(C)C)=[N+](C)C)cc1. The van der Waals surface area contributed by atoms with E-state index in [-0.39, 0.29) is 0 Å². The van der Waals surface area contributed by atoms with E-state index < -0.39 is 0 Å². The topological polar surface area (TPSA) is 15.5 Å². The fourth-order valence-corrected chi connectivity index (χ4v) is 2.31. The fraction of sp³-hybridized carbons (Fsp3) is 0.462. The van der Waals surface area contributed by atoms with Gasteiger partial charge in [0.2, 0.25) is 0 Å². The summed E-state index contributed by atoms with van der Waals surface area (Å²) in [7, 11) is 8.21. The Morgan fingerprint density at radius 3 is 2.24 bits per heavy atom. The number of benzene rings is 1. The Morgan fingerprint density at radius 2 is 1.82 bits per heavy atom. The quantitative estimate of drug-likeness (QED) is 0.356. The minimum Gasteiger partial charge on any atom is -0.494 e. The Balaban J connectivity index is 2.78. The number of nitrogens with zero attached hydrogens (tertiary/aromatic N) is 2. The van der Waals surface area contributed by atoms with Crippen molar-refractivity contribution in [3.8, 4) is 5.75 Å². The third-order valence-corrected chi connectivity index (χ3v) is 3.53. The molecular formula is C13H21N2OS+. The Morgan fingerprint density at radius 1 is 1.24 bits per heavy atom. The molecule has 1 aromatic rings. The Bertz CT molecular complexity index is 381. The van der Waals surface area contributed by atoms with Crippen LogP contribution in [0.5, 0.6) is 5.75 Å². The molecule has 0 saturated heterocycles. The first kappa shape index (κ1) is 13.9. The van der Waals surface area contributed by atoms with Gasteiger partial charge in [-0.25, -0.2) is 0 Å². The summed E-state index contributed by atoms with van der Waals surface area (Å²) in [5.74, 6) is 0.924. The van der Waals surface area contributed by atoms with Crippen LogP contribution in [0, 0.1) is 0 Å². The normalized spacial score (nSPS) is 9.94. The molecule has 0 fully saturated rings. The lowest BCUT2D eigenvalue weighted by Crippen LogP contribution is -2.26. The molecule has 0 aliphatic carbocycles. The molecule has 0 N–H and O–H groups in total. The Kier molecular flexibility index (Phi) is 5.35. The zero-order valence-corrected chi connectivity index (χ0v) is 12.0. The summed E-state index contributed by atoms with van der Waals surface area (Å²) >= 11 is 1.74. The van der Waals surface area contributed by atoms with E-state index in [9.17, 15) is 0 Å². The molecule has 0 aliphatic rings. The van der Waals surface area contributed by atoms with Crippen LogP contribution >= 0.6 is 11.8 Å². The van der Waals surface area contributed by atoms with Crippen LogP contribution in [0.2, 0.25) is 0 Å². The highest BCUT2D eigenvalue weighted by Gasteiger charge is 2.13. The summed E-state index contributed by atoms with van der Waals surface area (Å²) < 4.78 is 7.54. The third kappa shape index (κ3) is 4.30. The smallest absolute Gasteiger partial charge is 0.312 e. The molecule has 94 valence electrons. The second kappa shape index (κ2) is 6.55. The predicted octanol–water partition coefficient (Wildman–Crippen LogP) is 2.37. The second-order valence-corrected chi connectivity index (χ2v) is 5.12. The van der Waals surface area contributed by atoms with Gasteiger partial charge in [0.1, 0.15) is 5.75 Å². The van der Waals surface area contributed by atoms with Crippen LogP contribution in [0.1, 0.15) is 6.92 Å². The lowest BCUT2D eigenvalue weighted by atomic mass is 10.3. The van der Waals surface area contributed by atoms with Gasteiger partial charge < -0.3 is 4.74 Å². The fourth-order valence-electron chi connectivity index (χ4n) is 1.46. The molecule has 0 aromatic heterocycles. The van der Waals surface area contributed by atoms with Crippen molar-refractivity contribution in [2.75, 3.05) is 34.8 Å². The molecule has 0 radical (unpaired) electrons. The summed E-state index contributed by atoms with van der Waals surface area (Å²) in [6, 6.07) is 8.19. The first-order chi connectivity index (χ1) is 8.04. The first-order valence-electron chi connectivity index (χ1n) is 5.67. The van der Waals surface area contributed by atoms with Crippen LogP contribution in [0.25, 0.3) is 0 Å². The number of ether oxygens (including phenoxy) is 1. The molecule has 4 heteroatoms. The summed E-state index contributed by atoms with van der Waals surface area (Å²) in [6.45, 7) is 2.70. The number of thioether (sulfide) groups is 1. The maximum atomic E-state index is 5.42. The second-order valence-electron chi connectivity index (χ2n) is 4.08. The van der Waals surface area contributed by atoms with E-state index in [0.717, 1.165) is 5.75 Å². The first-order valence-corrected chi connectivity index (χ1v) is 6.48. The molecule has 3 nitrogen and oxygen atoms in total. The van der Waals surface area contributed by atoms with Gasteiger partial charge in [0.05, 0.1) is 34.8 Å². The maximum Gasteiger partial charge on any atom is 0.312 e. The van der Waals surface area contributed by atoms with Crippen molar-refractivity contribution >= 4 is 16.9 Å². The van der Waals surface area contributed by atoms with Gasteiger partial charge >= 0.3 is 5.17 Å². The lowest BCUT2D eigenvalue weighted by Gasteiger charge is -2.10. The molecule has 0 saturated carbocycles. The molecule has 17 heavy (non-hydrogen) atoms. The zero-order chi connectivity index (χ0) is 12.8. The average Bonchev–Trinajstić information content (AvgIpc) is 2.27. The lowest BCUT2D eigenvalue weighted by molar-refractivity contribution is -0.466. The van der Waals surface area contributed by atoms with Gasteiger partial charge in [-0.15, -0.1) is 0 Å². The van der Waals surface area contributed by atoms with Crippen molar-refractivity contribution in [3.63, 3.8) is 0 Å². The molecule has 0 heterocycles. The van der Waals surface area contributed by atoms with Crippen LogP contribution in [-0.4, -0.2) is 49.4 Å². The molecular weight excluding hydrogens is 232 g/mol.